The maximum absolute atomic E-state index is 13.8. The summed E-state index contributed by atoms with van der Waals surface area (Å²) < 4.78 is 14.3. The van der Waals surface area contributed by atoms with E-state index in [4.69, 9.17) is 10.8 Å². The maximum atomic E-state index is 13.8. The zero-order valence-corrected chi connectivity index (χ0v) is 12.1. The maximum Gasteiger partial charge on any atom is 0.336 e. The highest BCUT2D eigenvalue weighted by molar-refractivity contribution is 9.10. The molecule has 0 saturated carbocycles. The second kappa shape index (κ2) is 5.92. The van der Waals surface area contributed by atoms with Crippen LogP contribution in [0.25, 0.3) is 0 Å². The summed E-state index contributed by atoms with van der Waals surface area (Å²) in [5, 5.41) is 11.8. The van der Waals surface area contributed by atoms with E-state index in [0.717, 1.165) is 6.07 Å². The van der Waals surface area contributed by atoms with Gasteiger partial charge >= 0.3 is 5.97 Å². The standard InChI is InChI=1S/C14H10BrFN2O3/c15-10-3-2-8(6-9(10)14(20)21)18-12-4-1-7(13(17)19)5-11(12)16/h1-6,18H,(H2,17,19)(H,20,21). The summed E-state index contributed by atoms with van der Waals surface area (Å²) in [4.78, 5) is 22.0. The van der Waals surface area contributed by atoms with E-state index in [-0.39, 0.29) is 16.8 Å². The molecule has 2 aromatic carbocycles. The molecule has 2 rings (SSSR count). The average Bonchev–Trinajstić information content (AvgIpc) is 2.42. The zero-order chi connectivity index (χ0) is 15.6. The number of rotatable bonds is 4. The van der Waals surface area contributed by atoms with E-state index in [9.17, 15) is 14.0 Å². The second-order valence-electron chi connectivity index (χ2n) is 4.18. The third kappa shape index (κ3) is 3.38. The van der Waals surface area contributed by atoms with Gasteiger partial charge in [-0.1, -0.05) is 0 Å². The van der Waals surface area contributed by atoms with E-state index in [1.54, 1.807) is 12.1 Å². The van der Waals surface area contributed by atoms with Crippen molar-refractivity contribution in [3.63, 3.8) is 0 Å². The van der Waals surface area contributed by atoms with Crippen molar-refractivity contribution in [1.82, 2.24) is 0 Å². The molecule has 0 saturated heterocycles. The van der Waals surface area contributed by atoms with Crippen molar-refractivity contribution < 1.29 is 19.1 Å². The van der Waals surface area contributed by atoms with Gasteiger partial charge in [-0.2, -0.15) is 0 Å². The Labute approximate surface area is 127 Å². The first kappa shape index (κ1) is 15.0. The van der Waals surface area contributed by atoms with Crippen LogP contribution in [0.2, 0.25) is 0 Å². The molecule has 0 aromatic heterocycles. The summed E-state index contributed by atoms with van der Waals surface area (Å²) >= 11 is 3.12. The van der Waals surface area contributed by atoms with Gasteiger partial charge in [-0.05, 0) is 52.3 Å². The van der Waals surface area contributed by atoms with Crippen molar-refractivity contribution in [2.45, 2.75) is 0 Å². The molecular weight excluding hydrogens is 343 g/mol. The van der Waals surface area contributed by atoms with Crippen LogP contribution < -0.4 is 11.1 Å². The largest absolute Gasteiger partial charge is 0.478 e. The van der Waals surface area contributed by atoms with Gasteiger partial charge in [0.1, 0.15) is 5.82 Å². The number of primary amides is 1. The molecule has 21 heavy (non-hydrogen) atoms. The highest BCUT2D eigenvalue weighted by Crippen LogP contribution is 2.25. The number of carboxylic acids is 1. The molecule has 0 aliphatic heterocycles. The molecule has 7 heteroatoms. The highest BCUT2D eigenvalue weighted by atomic mass is 79.9. The van der Waals surface area contributed by atoms with Crippen LogP contribution in [0.3, 0.4) is 0 Å². The van der Waals surface area contributed by atoms with Crippen molar-refractivity contribution in [2.24, 2.45) is 5.73 Å². The highest BCUT2D eigenvalue weighted by Gasteiger charge is 2.11. The van der Waals surface area contributed by atoms with Gasteiger partial charge in [-0.15, -0.1) is 0 Å². The van der Waals surface area contributed by atoms with E-state index in [2.05, 4.69) is 21.2 Å². The molecule has 1 amide bonds. The Morgan fingerprint density at radius 2 is 1.90 bits per heavy atom. The number of nitrogens with two attached hydrogens (primary N) is 1. The summed E-state index contributed by atoms with van der Waals surface area (Å²) in [5.74, 6) is -2.49. The summed E-state index contributed by atoms with van der Waals surface area (Å²) in [6, 6.07) is 8.26. The van der Waals surface area contributed by atoms with Crippen LogP contribution in [-0.2, 0) is 0 Å². The van der Waals surface area contributed by atoms with E-state index >= 15 is 0 Å². The predicted molar refractivity (Wildman–Crippen MR) is 79.3 cm³/mol. The lowest BCUT2D eigenvalue weighted by atomic mass is 10.1. The molecule has 0 fully saturated rings. The topological polar surface area (TPSA) is 92.4 Å². The van der Waals surface area contributed by atoms with Crippen molar-refractivity contribution in [3.05, 3.63) is 57.8 Å². The molecule has 0 radical (unpaired) electrons. The van der Waals surface area contributed by atoms with E-state index in [1.165, 1.54) is 18.2 Å². The number of nitrogens with one attached hydrogen (secondary N) is 1. The molecule has 0 unspecified atom stereocenters. The number of benzene rings is 2. The molecule has 0 aliphatic carbocycles. The van der Waals surface area contributed by atoms with Crippen LogP contribution in [0.1, 0.15) is 20.7 Å². The van der Waals surface area contributed by atoms with Gasteiger partial charge < -0.3 is 16.2 Å². The minimum Gasteiger partial charge on any atom is -0.478 e. The van der Waals surface area contributed by atoms with Gasteiger partial charge in [-0.25, -0.2) is 9.18 Å². The zero-order valence-electron chi connectivity index (χ0n) is 10.6. The van der Waals surface area contributed by atoms with Crippen molar-refractivity contribution in [3.8, 4) is 0 Å². The van der Waals surface area contributed by atoms with E-state index in [1.807, 2.05) is 0 Å². The van der Waals surface area contributed by atoms with Crippen LogP contribution in [0, 0.1) is 5.82 Å². The Kier molecular flexibility index (Phi) is 4.23. The molecule has 5 nitrogen and oxygen atoms in total. The van der Waals surface area contributed by atoms with E-state index < -0.39 is 17.7 Å². The fourth-order valence-electron chi connectivity index (χ4n) is 1.69. The lowest BCUT2D eigenvalue weighted by Gasteiger charge is -2.10. The summed E-state index contributed by atoms with van der Waals surface area (Å²) in [5.41, 5.74) is 5.68. The van der Waals surface area contributed by atoms with Gasteiger partial charge in [0.2, 0.25) is 5.91 Å². The Balaban J connectivity index is 2.32. The first-order chi connectivity index (χ1) is 9.88. The summed E-state index contributed by atoms with van der Waals surface area (Å²) in [6.45, 7) is 0. The number of amides is 1. The molecule has 0 heterocycles. The van der Waals surface area contributed by atoms with Crippen LogP contribution in [0.4, 0.5) is 15.8 Å². The third-order valence-electron chi connectivity index (χ3n) is 2.73. The number of carbonyl (C=O) groups excluding carboxylic acids is 1. The first-order valence-electron chi connectivity index (χ1n) is 5.77. The number of carboxylic acid groups (broad SMARTS) is 1. The van der Waals surface area contributed by atoms with Crippen LogP contribution in [0.15, 0.2) is 40.9 Å². The quantitative estimate of drug-likeness (QED) is 0.787. The molecule has 2 aromatic rings. The molecule has 0 bridgehead atoms. The van der Waals surface area contributed by atoms with Gasteiger partial charge in [0.25, 0.3) is 0 Å². The number of halogens is 2. The lowest BCUT2D eigenvalue weighted by molar-refractivity contribution is 0.0695. The molecular formula is C14H10BrFN2O3. The Bertz CT molecular complexity index is 734. The Morgan fingerprint density at radius 1 is 1.19 bits per heavy atom. The van der Waals surface area contributed by atoms with Gasteiger partial charge in [0, 0.05) is 15.7 Å². The molecule has 4 N–H and O–H groups in total. The average molecular weight is 353 g/mol. The van der Waals surface area contributed by atoms with Crippen LogP contribution in [0.5, 0.6) is 0 Å². The van der Waals surface area contributed by atoms with Crippen molar-refractivity contribution in [1.29, 1.82) is 0 Å². The second-order valence-corrected chi connectivity index (χ2v) is 5.04. The fourth-order valence-corrected chi connectivity index (χ4v) is 2.11. The molecule has 108 valence electrons. The number of hydrogen-bond donors (Lipinski definition) is 3. The van der Waals surface area contributed by atoms with E-state index in [0.29, 0.717) is 10.2 Å². The van der Waals surface area contributed by atoms with Crippen LogP contribution >= 0.6 is 15.9 Å². The molecule has 0 atom stereocenters. The fraction of sp³-hybridized carbons (Fsp3) is 0. The molecule has 0 spiro atoms. The SMILES string of the molecule is NC(=O)c1ccc(Nc2ccc(Br)c(C(=O)O)c2)c(F)c1. The van der Waals surface area contributed by atoms with Gasteiger partial charge in [0.05, 0.1) is 11.3 Å². The Hall–Kier alpha value is -2.41. The Morgan fingerprint density at radius 3 is 2.48 bits per heavy atom. The predicted octanol–water partition coefficient (Wildman–Crippen LogP) is 3.13. The minimum absolute atomic E-state index is 0.0502. The minimum atomic E-state index is -1.10. The lowest BCUT2D eigenvalue weighted by Crippen LogP contribution is -2.11. The number of carbonyl (C=O) groups is 2. The summed E-state index contributed by atoms with van der Waals surface area (Å²) in [7, 11) is 0. The van der Waals surface area contributed by atoms with Crippen molar-refractivity contribution >= 4 is 39.2 Å². The first-order valence-corrected chi connectivity index (χ1v) is 6.57. The van der Waals surface area contributed by atoms with Crippen molar-refractivity contribution in [2.75, 3.05) is 5.32 Å². The van der Waals surface area contributed by atoms with Gasteiger partial charge in [0.15, 0.2) is 0 Å². The number of anilines is 2. The monoisotopic (exact) mass is 352 g/mol. The number of hydrogen-bond acceptors (Lipinski definition) is 3. The molecule has 0 aliphatic rings. The van der Waals surface area contributed by atoms with Gasteiger partial charge in [-0.3, -0.25) is 4.79 Å². The number of aromatic carboxylic acids is 1. The summed E-state index contributed by atoms with van der Waals surface area (Å²) in [6.07, 6.45) is 0. The normalized spacial score (nSPS) is 10.2. The third-order valence-corrected chi connectivity index (χ3v) is 3.42. The smallest absolute Gasteiger partial charge is 0.336 e. The van der Waals surface area contributed by atoms with Crippen LogP contribution in [-0.4, -0.2) is 17.0 Å².